The molecule has 6 aromatic rings. The van der Waals surface area contributed by atoms with Crippen LogP contribution in [0.2, 0.25) is 0 Å². The molecular formula is C26H16BrN5. The van der Waals surface area contributed by atoms with Crippen LogP contribution in [0.5, 0.6) is 0 Å². The van der Waals surface area contributed by atoms with Gasteiger partial charge < -0.3 is 4.57 Å². The molecule has 1 aromatic carbocycles. The van der Waals surface area contributed by atoms with Gasteiger partial charge in [-0.1, -0.05) is 28.1 Å². The van der Waals surface area contributed by atoms with Crippen LogP contribution < -0.4 is 0 Å². The van der Waals surface area contributed by atoms with Crippen molar-refractivity contribution >= 4 is 37.9 Å². The molecule has 152 valence electrons. The minimum atomic E-state index is 0.789. The summed E-state index contributed by atoms with van der Waals surface area (Å²) >= 11 is 3.63. The quantitative estimate of drug-likeness (QED) is 0.293. The van der Waals surface area contributed by atoms with Gasteiger partial charge >= 0.3 is 0 Å². The van der Waals surface area contributed by atoms with Gasteiger partial charge in [0.2, 0.25) is 0 Å². The van der Waals surface area contributed by atoms with E-state index in [0.717, 1.165) is 54.9 Å². The van der Waals surface area contributed by atoms with Crippen LogP contribution in [0.1, 0.15) is 0 Å². The van der Waals surface area contributed by atoms with Gasteiger partial charge in [0, 0.05) is 28.4 Å². The van der Waals surface area contributed by atoms with Crippen LogP contribution >= 0.6 is 15.9 Å². The van der Waals surface area contributed by atoms with E-state index in [9.17, 15) is 0 Å². The van der Waals surface area contributed by atoms with E-state index in [1.54, 1.807) is 12.4 Å². The summed E-state index contributed by atoms with van der Waals surface area (Å²) in [6.45, 7) is 0. The Morgan fingerprint density at radius 3 is 1.94 bits per heavy atom. The molecule has 5 aromatic heterocycles. The predicted molar refractivity (Wildman–Crippen MR) is 131 cm³/mol. The number of hydrogen-bond acceptors (Lipinski definition) is 4. The van der Waals surface area contributed by atoms with Crippen LogP contribution in [0.3, 0.4) is 0 Å². The van der Waals surface area contributed by atoms with Crippen LogP contribution in [-0.4, -0.2) is 24.5 Å². The molecule has 0 N–H and O–H groups in total. The minimum Gasteiger partial charge on any atom is -0.307 e. The number of fused-ring (bicyclic) bond motifs is 3. The molecule has 0 fully saturated rings. The molecule has 5 heterocycles. The van der Waals surface area contributed by atoms with Crippen molar-refractivity contribution in [2.45, 2.75) is 0 Å². The third-order valence-corrected chi connectivity index (χ3v) is 5.90. The Kier molecular flexibility index (Phi) is 4.51. The average Bonchev–Trinajstić information content (AvgIpc) is 3.18. The summed E-state index contributed by atoms with van der Waals surface area (Å²) in [5.74, 6) is 0. The van der Waals surface area contributed by atoms with E-state index < -0.39 is 0 Å². The molecular weight excluding hydrogens is 462 g/mol. The van der Waals surface area contributed by atoms with Crippen molar-refractivity contribution in [2.24, 2.45) is 0 Å². The van der Waals surface area contributed by atoms with Gasteiger partial charge in [0.15, 0.2) is 0 Å². The Balaban J connectivity index is 1.70. The molecule has 0 aliphatic rings. The first-order chi connectivity index (χ1) is 15.8. The van der Waals surface area contributed by atoms with E-state index in [2.05, 4.69) is 65.8 Å². The molecule has 32 heavy (non-hydrogen) atoms. The Bertz CT molecular complexity index is 1520. The minimum absolute atomic E-state index is 0.789. The number of rotatable bonds is 3. The SMILES string of the molecule is Brc1ccc2c3ncccc3n(-c3cc(-c4ccccn4)nc(-c4ccccn4)c3)c2c1. The highest BCUT2D eigenvalue weighted by molar-refractivity contribution is 9.10. The van der Waals surface area contributed by atoms with Crippen LogP contribution in [0.4, 0.5) is 0 Å². The van der Waals surface area contributed by atoms with Gasteiger partial charge in [0.1, 0.15) is 0 Å². The molecule has 5 nitrogen and oxygen atoms in total. The molecule has 0 saturated heterocycles. The lowest BCUT2D eigenvalue weighted by atomic mass is 10.1. The molecule has 0 aliphatic carbocycles. The third kappa shape index (κ3) is 3.16. The van der Waals surface area contributed by atoms with Gasteiger partial charge in [-0.05, 0) is 66.7 Å². The van der Waals surface area contributed by atoms with E-state index in [1.807, 2.05) is 54.7 Å². The van der Waals surface area contributed by atoms with Gasteiger partial charge in [0.05, 0.1) is 45.0 Å². The number of aromatic nitrogens is 5. The molecule has 0 amide bonds. The fraction of sp³-hybridized carbons (Fsp3) is 0. The van der Waals surface area contributed by atoms with Crippen molar-refractivity contribution in [1.29, 1.82) is 0 Å². The van der Waals surface area contributed by atoms with Crippen LogP contribution in [0.15, 0.2) is 102 Å². The summed E-state index contributed by atoms with van der Waals surface area (Å²) in [4.78, 5) is 18.6. The Hall–Kier alpha value is -3.90. The highest BCUT2D eigenvalue weighted by Crippen LogP contribution is 2.34. The largest absolute Gasteiger partial charge is 0.307 e. The first-order valence-corrected chi connectivity index (χ1v) is 11.0. The van der Waals surface area contributed by atoms with Crippen molar-refractivity contribution in [2.75, 3.05) is 0 Å². The second-order valence-electron chi connectivity index (χ2n) is 7.39. The Morgan fingerprint density at radius 2 is 1.28 bits per heavy atom. The van der Waals surface area contributed by atoms with Crippen molar-refractivity contribution < 1.29 is 0 Å². The molecule has 0 bridgehead atoms. The number of hydrogen-bond donors (Lipinski definition) is 0. The van der Waals surface area contributed by atoms with E-state index in [-0.39, 0.29) is 0 Å². The van der Waals surface area contributed by atoms with Gasteiger partial charge in [-0.3, -0.25) is 15.0 Å². The molecule has 0 saturated carbocycles. The first-order valence-electron chi connectivity index (χ1n) is 10.2. The summed E-state index contributed by atoms with van der Waals surface area (Å²) in [5.41, 5.74) is 7.25. The lowest BCUT2D eigenvalue weighted by molar-refractivity contribution is 1.14. The van der Waals surface area contributed by atoms with Crippen molar-refractivity contribution in [3.8, 4) is 28.5 Å². The van der Waals surface area contributed by atoms with Gasteiger partial charge in [-0.15, -0.1) is 0 Å². The van der Waals surface area contributed by atoms with E-state index >= 15 is 0 Å². The smallest absolute Gasteiger partial charge is 0.0963 e. The Morgan fingerprint density at radius 1 is 0.594 bits per heavy atom. The highest BCUT2D eigenvalue weighted by atomic mass is 79.9. The third-order valence-electron chi connectivity index (χ3n) is 5.41. The molecule has 0 spiro atoms. The molecule has 0 unspecified atom stereocenters. The molecule has 0 radical (unpaired) electrons. The monoisotopic (exact) mass is 477 g/mol. The number of halogens is 1. The van der Waals surface area contributed by atoms with E-state index in [4.69, 9.17) is 4.98 Å². The maximum Gasteiger partial charge on any atom is 0.0963 e. The number of nitrogens with zero attached hydrogens (tertiary/aromatic N) is 5. The van der Waals surface area contributed by atoms with Crippen molar-refractivity contribution in [3.05, 3.63) is 102 Å². The summed E-state index contributed by atoms with van der Waals surface area (Å²) in [6, 6.07) is 26.2. The second-order valence-corrected chi connectivity index (χ2v) is 8.31. The topological polar surface area (TPSA) is 56.5 Å². The average molecular weight is 478 g/mol. The summed E-state index contributed by atoms with van der Waals surface area (Å²) in [6.07, 6.45) is 5.40. The van der Waals surface area contributed by atoms with Gasteiger partial charge in [-0.2, -0.15) is 0 Å². The number of pyridine rings is 4. The first kappa shape index (κ1) is 18.8. The molecule has 6 heteroatoms. The fourth-order valence-corrected chi connectivity index (χ4v) is 4.37. The Labute approximate surface area is 192 Å². The maximum atomic E-state index is 4.90. The zero-order valence-electron chi connectivity index (χ0n) is 16.9. The van der Waals surface area contributed by atoms with Gasteiger partial charge in [-0.25, -0.2) is 4.98 Å². The standard InChI is InChI=1S/C26H16BrN5/c27-17-9-10-19-25(14-17)32(24-8-5-13-30-26(19)24)18-15-22(20-6-1-3-11-28-20)31-23(16-18)21-7-2-4-12-29-21/h1-16H. The lowest BCUT2D eigenvalue weighted by Gasteiger charge is -2.12. The highest BCUT2D eigenvalue weighted by Gasteiger charge is 2.16. The van der Waals surface area contributed by atoms with Crippen molar-refractivity contribution in [1.82, 2.24) is 24.5 Å². The zero-order valence-corrected chi connectivity index (χ0v) is 18.4. The van der Waals surface area contributed by atoms with Crippen molar-refractivity contribution in [3.63, 3.8) is 0 Å². The van der Waals surface area contributed by atoms with Crippen LogP contribution in [-0.2, 0) is 0 Å². The normalized spacial score (nSPS) is 11.3. The van der Waals surface area contributed by atoms with Crippen LogP contribution in [0.25, 0.3) is 50.4 Å². The number of benzene rings is 1. The van der Waals surface area contributed by atoms with E-state index in [0.29, 0.717) is 0 Å². The summed E-state index contributed by atoms with van der Waals surface area (Å²) in [5, 5.41) is 1.10. The maximum absolute atomic E-state index is 4.90. The molecule has 0 aliphatic heterocycles. The van der Waals surface area contributed by atoms with Gasteiger partial charge in [0.25, 0.3) is 0 Å². The summed E-state index contributed by atoms with van der Waals surface area (Å²) < 4.78 is 3.24. The molecule has 0 atom stereocenters. The zero-order chi connectivity index (χ0) is 21.5. The summed E-state index contributed by atoms with van der Waals surface area (Å²) in [7, 11) is 0. The van der Waals surface area contributed by atoms with Crippen LogP contribution in [0, 0.1) is 0 Å². The van der Waals surface area contributed by atoms with E-state index in [1.165, 1.54) is 0 Å². The predicted octanol–water partition coefficient (Wildman–Crippen LogP) is 6.46. The fourth-order valence-electron chi connectivity index (χ4n) is 4.02. The molecule has 6 rings (SSSR count). The second kappa shape index (κ2) is 7.66. The lowest BCUT2D eigenvalue weighted by Crippen LogP contribution is -1.99.